The monoisotopic (exact) mass is 276 g/mol. The van der Waals surface area contributed by atoms with Crippen molar-refractivity contribution in [3.63, 3.8) is 0 Å². The second kappa shape index (κ2) is 5.94. The van der Waals surface area contributed by atoms with Crippen LogP contribution < -0.4 is 10.6 Å². The molecular weight excluding hydrogens is 256 g/mol. The van der Waals surface area contributed by atoms with Gasteiger partial charge in [0.1, 0.15) is 5.54 Å². The molecule has 1 saturated carbocycles. The first kappa shape index (κ1) is 14.4. The van der Waals surface area contributed by atoms with E-state index in [0.29, 0.717) is 18.5 Å². The number of aliphatic carboxylic acids is 1. The maximum atomic E-state index is 12.0. The van der Waals surface area contributed by atoms with Crippen molar-refractivity contribution < 1.29 is 14.7 Å². The van der Waals surface area contributed by atoms with Crippen LogP contribution in [0.5, 0.6) is 0 Å². The van der Waals surface area contributed by atoms with E-state index in [0.717, 1.165) is 24.8 Å². The number of rotatable bonds is 3. The molecule has 1 aromatic rings. The van der Waals surface area contributed by atoms with Gasteiger partial charge in [-0.15, -0.1) is 0 Å². The molecule has 1 aromatic carbocycles. The molecule has 5 heteroatoms. The average Bonchev–Trinajstić information content (AvgIpc) is 2.39. The van der Waals surface area contributed by atoms with Crippen molar-refractivity contribution in [2.75, 3.05) is 5.32 Å². The van der Waals surface area contributed by atoms with Crippen LogP contribution in [0.15, 0.2) is 24.3 Å². The number of carbonyl (C=O) groups excluding carboxylic acids is 1. The van der Waals surface area contributed by atoms with E-state index in [2.05, 4.69) is 10.6 Å². The minimum absolute atomic E-state index is 0.458. The number of amides is 2. The molecule has 0 atom stereocenters. The van der Waals surface area contributed by atoms with E-state index in [1.165, 1.54) is 0 Å². The van der Waals surface area contributed by atoms with Gasteiger partial charge in [-0.3, -0.25) is 0 Å². The number of hydrogen-bond donors (Lipinski definition) is 3. The molecule has 1 aliphatic carbocycles. The van der Waals surface area contributed by atoms with Crippen LogP contribution in [0.3, 0.4) is 0 Å². The highest BCUT2D eigenvalue weighted by atomic mass is 16.4. The Hall–Kier alpha value is -2.04. The molecule has 0 aliphatic heterocycles. The first-order valence-electron chi connectivity index (χ1n) is 6.91. The molecule has 3 N–H and O–H groups in total. The third kappa shape index (κ3) is 3.29. The quantitative estimate of drug-likeness (QED) is 0.794. The van der Waals surface area contributed by atoms with Gasteiger partial charge >= 0.3 is 12.0 Å². The smallest absolute Gasteiger partial charge is 0.329 e. The molecule has 0 spiro atoms. The zero-order chi connectivity index (χ0) is 14.6. The Labute approximate surface area is 118 Å². The van der Waals surface area contributed by atoms with Gasteiger partial charge in [-0.2, -0.15) is 0 Å². The number of anilines is 1. The molecule has 108 valence electrons. The van der Waals surface area contributed by atoms with E-state index in [9.17, 15) is 14.7 Å². The van der Waals surface area contributed by atoms with E-state index in [1.54, 1.807) is 6.07 Å². The van der Waals surface area contributed by atoms with Crippen molar-refractivity contribution in [3.8, 4) is 0 Å². The Morgan fingerprint density at radius 2 is 1.90 bits per heavy atom. The lowest BCUT2D eigenvalue weighted by molar-refractivity contribution is -0.145. The second-order valence-electron chi connectivity index (χ2n) is 5.40. The number of carboxylic acids is 1. The Bertz CT molecular complexity index is 508. The molecule has 0 heterocycles. The Balaban J connectivity index is 2.03. The van der Waals surface area contributed by atoms with Gasteiger partial charge in [0.25, 0.3) is 0 Å². The standard InChI is InChI=1S/C15H20N2O3/c1-11-6-5-7-12(10-11)16-14(20)17-15(13(18)19)8-3-2-4-9-15/h5-7,10H,2-4,8-9H2,1H3,(H,18,19)(H2,16,17,20). The number of urea groups is 1. The molecule has 2 rings (SSSR count). The van der Waals surface area contributed by atoms with E-state index < -0.39 is 17.5 Å². The largest absolute Gasteiger partial charge is 0.480 e. The van der Waals surface area contributed by atoms with Crippen LogP contribution in [0, 0.1) is 6.92 Å². The van der Waals surface area contributed by atoms with Crippen molar-refractivity contribution in [1.82, 2.24) is 5.32 Å². The Kier molecular flexibility index (Phi) is 4.27. The van der Waals surface area contributed by atoms with Gasteiger partial charge in [0.05, 0.1) is 0 Å². The zero-order valence-corrected chi connectivity index (χ0v) is 11.6. The van der Waals surface area contributed by atoms with E-state index in [-0.39, 0.29) is 0 Å². The fraction of sp³-hybridized carbons (Fsp3) is 0.467. The van der Waals surface area contributed by atoms with Crippen molar-refractivity contribution >= 4 is 17.7 Å². The summed E-state index contributed by atoms with van der Waals surface area (Å²) in [5.41, 5.74) is 0.582. The molecule has 0 unspecified atom stereocenters. The maximum Gasteiger partial charge on any atom is 0.329 e. The van der Waals surface area contributed by atoms with Crippen LogP contribution >= 0.6 is 0 Å². The lowest BCUT2D eigenvalue weighted by atomic mass is 9.82. The zero-order valence-electron chi connectivity index (χ0n) is 11.6. The van der Waals surface area contributed by atoms with Crippen LogP contribution in [-0.4, -0.2) is 22.6 Å². The van der Waals surface area contributed by atoms with Crippen LogP contribution in [0.1, 0.15) is 37.7 Å². The summed E-state index contributed by atoms with van der Waals surface area (Å²) in [6, 6.07) is 6.94. The summed E-state index contributed by atoms with van der Waals surface area (Å²) in [5.74, 6) is -0.948. The number of carbonyl (C=O) groups is 2. The molecule has 2 amide bonds. The van der Waals surface area contributed by atoms with Crippen LogP contribution in [0.25, 0.3) is 0 Å². The second-order valence-corrected chi connectivity index (χ2v) is 5.40. The van der Waals surface area contributed by atoms with Crippen LogP contribution in [0.2, 0.25) is 0 Å². The number of aryl methyl sites for hydroxylation is 1. The summed E-state index contributed by atoms with van der Waals surface area (Å²) in [6.07, 6.45) is 3.66. The van der Waals surface area contributed by atoms with Crippen molar-refractivity contribution in [2.45, 2.75) is 44.6 Å². The van der Waals surface area contributed by atoms with E-state index in [4.69, 9.17) is 0 Å². The van der Waals surface area contributed by atoms with Gasteiger partial charge in [-0.1, -0.05) is 31.4 Å². The highest BCUT2D eigenvalue weighted by Crippen LogP contribution is 2.28. The van der Waals surface area contributed by atoms with Gasteiger partial charge in [0.15, 0.2) is 0 Å². The van der Waals surface area contributed by atoms with Crippen molar-refractivity contribution in [1.29, 1.82) is 0 Å². The molecular formula is C15H20N2O3. The van der Waals surface area contributed by atoms with Gasteiger partial charge in [-0.25, -0.2) is 9.59 Å². The number of nitrogens with one attached hydrogen (secondary N) is 2. The fourth-order valence-corrected chi connectivity index (χ4v) is 2.65. The van der Waals surface area contributed by atoms with E-state index >= 15 is 0 Å². The lowest BCUT2D eigenvalue weighted by Crippen LogP contribution is -2.56. The minimum atomic E-state index is -1.12. The molecule has 1 aliphatic rings. The van der Waals surface area contributed by atoms with Crippen molar-refractivity contribution in [3.05, 3.63) is 29.8 Å². The van der Waals surface area contributed by atoms with E-state index in [1.807, 2.05) is 25.1 Å². The molecule has 5 nitrogen and oxygen atoms in total. The first-order chi connectivity index (χ1) is 9.52. The van der Waals surface area contributed by atoms with Gasteiger partial charge in [-0.05, 0) is 37.5 Å². The SMILES string of the molecule is Cc1cccc(NC(=O)NC2(C(=O)O)CCCCC2)c1. The topological polar surface area (TPSA) is 78.4 Å². The number of carboxylic acid groups (broad SMARTS) is 1. The first-order valence-corrected chi connectivity index (χ1v) is 6.91. The van der Waals surface area contributed by atoms with Crippen LogP contribution in [-0.2, 0) is 4.79 Å². The normalized spacial score (nSPS) is 17.2. The predicted octanol–water partition coefficient (Wildman–Crippen LogP) is 2.90. The summed E-state index contributed by atoms with van der Waals surface area (Å²) in [6.45, 7) is 1.93. The summed E-state index contributed by atoms with van der Waals surface area (Å²) in [4.78, 5) is 23.5. The molecule has 0 saturated heterocycles. The summed E-state index contributed by atoms with van der Waals surface area (Å²) < 4.78 is 0. The molecule has 0 aromatic heterocycles. The third-order valence-corrected chi connectivity index (χ3v) is 3.75. The number of hydrogen-bond acceptors (Lipinski definition) is 2. The maximum absolute atomic E-state index is 12.0. The van der Waals surface area contributed by atoms with Crippen molar-refractivity contribution in [2.24, 2.45) is 0 Å². The highest BCUT2D eigenvalue weighted by Gasteiger charge is 2.40. The summed E-state index contributed by atoms with van der Waals surface area (Å²) in [5, 5.41) is 14.8. The summed E-state index contributed by atoms with van der Waals surface area (Å²) in [7, 11) is 0. The fourth-order valence-electron chi connectivity index (χ4n) is 2.65. The third-order valence-electron chi connectivity index (χ3n) is 3.75. The minimum Gasteiger partial charge on any atom is -0.480 e. The Morgan fingerprint density at radius 1 is 1.20 bits per heavy atom. The van der Waals surface area contributed by atoms with Gasteiger partial charge in [0, 0.05) is 5.69 Å². The van der Waals surface area contributed by atoms with Crippen LogP contribution in [0.4, 0.5) is 10.5 Å². The predicted molar refractivity (Wildman–Crippen MR) is 76.8 cm³/mol. The Morgan fingerprint density at radius 3 is 2.50 bits per heavy atom. The lowest BCUT2D eigenvalue weighted by Gasteiger charge is -2.33. The molecule has 0 radical (unpaired) electrons. The number of benzene rings is 1. The molecule has 20 heavy (non-hydrogen) atoms. The average molecular weight is 276 g/mol. The molecule has 0 bridgehead atoms. The van der Waals surface area contributed by atoms with Gasteiger partial charge < -0.3 is 15.7 Å². The highest BCUT2D eigenvalue weighted by molar-refractivity contribution is 5.94. The summed E-state index contributed by atoms with van der Waals surface area (Å²) >= 11 is 0. The van der Waals surface area contributed by atoms with Gasteiger partial charge in [0.2, 0.25) is 0 Å². The molecule has 1 fully saturated rings.